The maximum atomic E-state index is 12.0. The first-order valence-electron chi connectivity index (χ1n) is 11.9. The van der Waals surface area contributed by atoms with Crippen molar-refractivity contribution in [1.82, 2.24) is 19.9 Å². The lowest BCUT2D eigenvalue weighted by molar-refractivity contribution is -0.107. The highest BCUT2D eigenvalue weighted by atomic mass is 79.9. The highest BCUT2D eigenvalue weighted by molar-refractivity contribution is 9.08. The van der Waals surface area contributed by atoms with Crippen LogP contribution in [0.15, 0.2) is 71.2 Å². The summed E-state index contributed by atoms with van der Waals surface area (Å²) in [6.07, 6.45) is 7.51. The predicted octanol–water partition coefficient (Wildman–Crippen LogP) is 6.72. The fourth-order valence-corrected chi connectivity index (χ4v) is 4.56. The van der Waals surface area contributed by atoms with Gasteiger partial charge in [-0.15, -0.1) is 0 Å². The fourth-order valence-electron chi connectivity index (χ4n) is 3.13. The second-order valence-electron chi connectivity index (χ2n) is 7.85. The average Bonchev–Trinajstić information content (AvgIpc) is 3.01. The van der Waals surface area contributed by atoms with Crippen molar-refractivity contribution in [3.63, 3.8) is 0 Å². The first-order chi connectivity index (χ1) is 20.3. The minimum Gasteiger partial charge on any atom is -0.391 e. The molecule has 4 aromatic rings. The van der Waals surface area contributed by atoms with Crippen LogP contribution in [-0.2, 0) is 16.7 Å². The van der Waals surface area contributed by atoms with Crippen LogP contribution in [0.25, 0.3) is 0 Å². The molecule has 0 aliphatic carbocycles. The number of aromatic nitrogens is 4. The van der Waals surface area contributed by atoms with Crippen LogP contribution in [0.1, 0.15) is 11.1 Å². The Bertz CT molecular complexity index is 1520. The smallest absolute Gasteiger partial charge is 0.324 e. The number of rotatable bonds is 10. The molecule has 0 bridgehead atoms. The van der Waals surface area contributed by atoms with Gasteiger partial charge in [0.2, 0.25) is 6.41 Å². The molecule has 0 radical (unpaired) electrons. The van der Waals surface area contributed by atoms with Gasteiger partial charge in [0.15, 0.2) is 16.1 Å². The van der Waals surface area contributed by atoms with E-state index >= 15 is 0 Å². The van der Waals surface area contributed by atoms with Crippen molar-refractivity contribution in [1.29, 1.82) is 0 Å². The topological polar surface area (TPSA) is 145 Å². The molecule has 0 atom stereocenters. The number of aliphatic hydroxyl groups is 1. The van der Waals surface area contributed by atoms with Gasteiger partial charge in [0.25, 0.3) is 0 Å². The van der Waals surface area contributed by atoms with Gasteiger partial charge in [-0.1, -0.05) is 86.9 Å². The summed E-state index contributed by atoms with van der Waals surface area (Å²) in [5, 5.41) is 18.3. The Morgan fingerprint density at radius 2 is 1.50 bits per heavy atom. The van der Waals surface area contributed by atoms with Crippen molar-refractivity contribution < 1.29 is 14.7 Å². The van der Waals surface area contributed by atoms with Gasteiger partial charge in [0.05, 0.1) is 28.0 Å². The molecule has 0 aliphatic rings. The number of anilines is 4. The number of hydrogen-bond donors (Lipinski definition) is 4. The molecule has 2 aromatic carbocycles. The number of thioether (sulfide) groups is 2. The molecule has 2 heterocycles. The van der Waals surface area contributed by atoms with Gasteiger partial charge in [0.1, 0.15) is 5.82 Å². The van der Waals surface area contributed by atoms with Crippen molar-refractivity contribution in [3.05, 3.63) is 82.1 Å². The van der Waals surface area contributed by atoms with Crippen LogP contribution in [0.5, 0.6) is 0 Å². The molecule has 0 saturated carbocycles. The van der Waals surface area contributed by atoms with Crippen LogP contribution >= 0.6 is 62.7 Å². The number of hydrazine groups is 1. The van der Waals surface area contributed by atoms with E-state index in [0.717, 1.165) is 5.56 Å². The molecule has 42 heavy (non-hydrogen) atoms. The van der Waals surface area contributed by atoms with Crippen LogP contribution in [0.3, 0.4) is 0 Å². The molecule has 0 saturated heterocycles. The minimum absolute atomic E-state index is 0.265. The molecule has 4 rings (SSSR count). The van der Waals surface area contributed by atoms with Crippen LogP contribution < -0.4 is 21.1 Å². The van der Waals surface area contributed by atoms with Crippen molar-refractivity contribution in [2.75, 3.05) is 33.6 Å². The second kappa shape index (κ2) is 17.1. The van der Waals surface area contributed by atoms with E-state index in [0.29, 0.717) is 54.9 Å². The van der Waals surface area contributed by atoms with Gasteiger partial charge in [-0.05, 0) is 36.8 Å². The number of para-hydroxylation sites is 2. The molecule has 11 nitrogen and oxygen atoms in total. The molecule has 3 amide bonds. The van der Waals surface area contributed by atoms with Gasteiger partial charge in [0, 0.05) is 28.9 Å². The van der Waals surface area contributed by atoms with Gasteiger partial charge >= 0.3 is 6.03 Å². The van der Waals surface area contributed by atoms with E-state index in [1.54, 1.807) is 42.6 Å². The van der Waals surface area contributed by atoms with E-state index in [1.165, 1.54) is 34.7 Å². The first-order valence-corrected chi connectivity index (χ1v) is 16.2. The van der Waals surface area contributed by atoms with Crippen LogP contribution in [0, 0.1) is 0 Å². The van der Waals surface area contributed by atoms with Crippen molar-refractivity contribution in [3.8, 4) is 0 Å². The Labute approximate surface area is 269 Å². The molecule has 4 N–H and O–H groups in total. The van der Waals surface area contributed by atoms with Gasteiger partial charge in [-0.3, -0.25) is 15.5 Å². The molecule has 0 aliphatic heterocycles. The number of amides is 3. The summed E-state index contributed by atoms with van der Waals surface area (Å²) in [4.78, 5) is 40.2. The van der Waals surface area contributed by atoms with Crippen LogP contribution in [-0.4, -0.2) is 50.0 Å². The van der Waals surface area contributed by atoms with Crippen molar-refractivity contribution >= 4 is 98.1 Å². The number of carbonyl (C=O) groups is 2. The van der Waals surface area contributed by atoms with E-state index in [2.05, 4.69) is 51.9 Å². The Balaban J connectivity index is 0.000000230. The number of aliphatic hydroxyl groups excluding tert-OH is 1. The Morgan fingerprint density at radius 1 is 0.929 bits per heavy atom. The van der Waals surface area contributed by atoms with Gasteiger partial charge in [-0.25, -0.2) is 29.7 Å². The average molecular weight is 712 g/mol. The van der Waals surface area contributed by atoms with Crippen molar-refractivity contribution in [2.24, 2.45) is 0 Å². The number of benzene rings is 2. The van der Waals surface area contributed by atoms with E-state index in [9.17, 15) is 14.7 Å². The largest absolute Gasteiger partial charge is 0.391 e. The Morgan fingerprint density at radius 3 is 2.05 bits per heavy atom. The SMILES string of the molecule is CSc1ncc(CBr)c(N(C=O)Nc2ccccc2Cl)n1.CSc1ncc(CO)c(NC(=O)Nc2ccccc2Cl)n1. The summed E-state index contributed by atoms with van der Waals surface area (Å²) in [7, 11) is 0. The maximum Gasteiger partial charge on any atom is 0.324 e. The maximum absolute atomic E-state index is 12.0. The third-order valence-electron chi connectivity index (χ3n) is 5.14. The highest BCUT2D eigenvalue weighted by Crippen LogP contribution is 2.26. The zero-order valence-corrected chi connectivity index (χ0v) is 26.9. The molecular weight excluding hydrogens is 687 g/mol. The van der Waals surface area contributed by atoms with E-state index in [-0.39, 0.29) is 12.4 Å². The van der Waals surface area contributed by atoms with Crippen LogP contribution in [0.4, 0.5) is 27.8 Å². The summed E-state index contributed by atoms with van der Waals surface area (Å²) < 4.78 is 0. The molecule has 16 heteroatoms. The fraction of sp³-hybridized carbons (Fsp3) is 0.154. The number of halogens is 3. The molecule has 220 valence electrons. The number of alkyl halides is 1. The summed E-state index contributed by atoms with van der Waals surface area (Å²) in [6, 6.07) is 13.6. The number of nitrogens with zero attached hydrogens (tertiary/aromatic N) is 5. The van der Waals surface area contributed by atoms with E-state index in [4.69, 9.17) is 23.2 Å². The zero-order valence-electron chi connectivity index (χ0n) is 22.2. The summed E-state index contributed by atoms with van der Waals surface area (Å²) in [6.45, 7) is -0.267. The Kier molecular flexibility index (Phi) is 13.6. The monoisotopic (exact) mass is 710 g/mol. The minimum atomic E-state index is -0.497. The molecule has 2 aromatic heterocycles. The van der Waals surface area contributed by atoms with Crippen molar-refractivity contribution in [2.45, 2.75) is 22.2 Å². The van der Waals surface area contributed by atoms with Gasteiger partial charge in [-0.2, -0.15) is 0 Å². The van der Waals surface area contributed by atoms with Crippen LogP contribution in [0.2, 0.25) is 10.0 Å². The number of urea groups is 1. The number of nitrogens with one attached hydrogen (secondary N) is 3. The quantitative estimate of drug-likeness (QED) is 0.0460. The lowest BCUT2D eigenvalue weighted by Crippen LogP contribution is -2.30. The molecule has 0 fully saturated rings. The second-order valence-corrected chi connectivity index (χ2v) is 10.8. The van der Waals surface area contributed by atoms with E-state index < -0.39 is 6.03 Å². The molecular formula is C26H25BrCl2N8O3S2. The highest BCUT2D eigenvalue weighted by Gasteiger charge is 2.15. The standard InChI is InChI=1S/C13H12BrClN4OS.C13H13ClN4O2S/c1-21-13-16-7-9(6-14)12(17-13)19(8-20)18-11-5-3-2-4-10(11)15;1-21-13-15-6-8(7-19)11(18-13)17-12(20)16-10-5-3-2-4-9(10)14/h2-5,7-8,18H,6H2,1H3;2-6,19H,7H2,1H3,(H2,15,16,17,18,20). The molecule has 0 unspecified atom stereocenters. The lowest BCUT2D eigenvalue weighted by atomic mass is 10.3. The summed E-state index contributed by atoms with van der Waals surface area (Å²) in [5.74, 6) is 0.752. The number of carbonyl (C=O) groups excluding carboxylic acids is 2. The first kappa shape index (κ1) is 33.4. The third kappa shape index (κ3) is 9.44. The zero-order chi connectivity index (χ0) is 30.5. The summed E-state index contributed by atoms with van der Waals surface area (Å²) >= 11 is 18.2. The Hall–Kier alpha value is -3.14. The summed E-state index contributed by atoms with van der Waals surface area (Å²) in [5.41, 5.74) is 5.28. The number of hydrogen-bond acceptors (Lipinski definition) is 10. The van der Waals surface area contributed by atoms with Gasteiger partial charge < -0.3 is 10.4 Å². The lowest BCUT2D eigenvalue weighted by Gasteiger charge is -2.21. The molecule has 0 spiro atoms. The third-order valence-corrected chi connectivity index (χ3v) is 7.53. The van der Waals surface area contributed by atoms with E-state index in [1.807, 2.05) is 24.6 Å². The normalized spacial score (nSPS) is 10.2. The predicted molar refractivity (Wildman–Crippen MR) is 174 cm³/mol.